The second-order valence-electron chi connectivity index (χ2n) is 6.01. The molecule has 27 heavy (non-hydrogen) atoms. The van der Waals surface area contributed by atoms with Crippen LogP contribution in [0.3, 0.4) is 0 Å². The Bertz CT molecular complexity index is 996. The second-order valence-corrected chi connectivity index (χ2v) is 6.01. The summed E-state index contributed by atoms with van der Waals surface area (Å²) >= 11 is 0. The van der Waals surface area contributed by atoms with Gasteiger partial charge in [-0.2, -0.15) is 0 Å². The van der Waals surface area contributed by atoms with Crippen LogP contribution in [-0.4, -0.2) is 24.4 Å². The van der Waals surface area contributed by atoms with Gasteiger partial charge in [0.15, 0.2) is 6.61 Å². The Morgan fingerprint density at radius 1 is 0.889 bits per heavy atom. The lowest BCUT2D eigenvalue weighted by Gasteiger charge is -2.07. The van der Waals surface area contributed by atoms with Crippen molar-refractivity contribution in [3.63, 3.8) is 0 Å². The van der Waals surface area contributed by atoms with Gasteiger partial charge in [-0.3, -0.25) is 14.4 Å². The molecular formula is C21H18N2O4. The molecular weight excluding hydrogens is 344 g/mol. The number of benzene rings is 3. The first-order valence-electron chi connectivity index (χ1n) is 8.34. The summed E-state index contributed by atoms with van der Waals surface area (Å²) in [5.74, 6) is -1.49. The van der Waals surface area contributed by atoms with Crippen LogP contribution in [0.15, 0.2) is 66.7 Å². The standard InChI is InChI=1S/C21H18N2O4/c22-21(26)16-7-9-18(10-8-16)23-19(24)13-27-20(25)12-14-5-6-15-3-1-2-4-17(15)11-14/h1-11H,12-13H2,(H2,22,26)(H,23,24). The highest BCUT2D eigenvalue weighted by atomic mass is 16.5. The van der Waals surface area contributed by atoms with Crippen molar-refractivity contribution in [2.45, 2.75) is 6.42 Å². The van der Waals surface area contributed by atoms with Gasteiger partial charge in [-0.1, -0.05) is 42.5 Å². The Kier molecular flexibility index (Phi) is 5.47. The van der Waals surface area contributed by atoms with E-state index in [1.165, 1.54) is 12.1 Å². The zero-order chi connectivity index (χ0) is 19.2. The highest BCUT2D eigenvalue weighted by molar-refractivity contribution is 5.95. The summed E-state index contributed by atoms with van der Waals surface area (Å²) in [5, 5.41) is 4.72. The van der Waals surface area contributed by atoms with Crippen molar-refractivity contribution in [2.24, 2.45) is 5.73 Å². The van der Waals surface area contributed by atoms with E-state index in [1.54, 1.807) is 12.1 Å². The minimum absolute atomic E-state index is 0.0887. The van der Waals surface area contributed by atoms with Crippen LogP contribution in [0.5, 0.6) is 0 Å². The smallest absolute Gasteiger partial charge is 0.310 e. The third-order valence-electron chi connectivity index (χ3n) is 3.98. The van der Waals surface area contributed by atoms with E-state index in [0.717, 1.165) is 16.3 Å². The minimum atomic E-state index is -0.546. The number of amides is 2. The molecule has 3 rings (SSSR count). The molecule has 0 atom stereocenters. The molecule has 3 N–H and O–H groups in total. The third-order valence-corrected chi connectivity index (χ3v) is 3.98. The van der Waals surface area contributed by atoms with Crippen molar-refractivity contribution in [1.82, 2.24) is 0 Å². The number of primary amides is 1. The van der Waals surface area contributed by atoms with Crippen LogP contribution >= 0.6 is 0 Å². The van der Waals surface area contributed by atoms with Gasteiger partial charge in [0.2, 0.25) is 5.91 Å². The Morgan fingerprint density at radius 2 is 1.59 bits per heavy atom. The maximum atomic E-state index is 12.0. The number of nitrogens with one attached hydrogen (secondary N) is 1. The predicted molar refractivity (Wildman–Crippen MR) is 102 cm³/mol. The fraction of sp³-hybridized carbons (Fsp3) is 0.0952. The molecule has 0 bridgehead atoms. The molecule has 136 valence electrons. The highest BCUT2D eigenvalue weighted by Crippen LogP contribution is 2.16. The van der Waals surface area contributed by atoms with E-state index >= 15 is 0 Å². The normalized spacial score (nSPS) is 10.4. The maximum Gasteiger partial charge on any atom is 0.310 e. The first kappa shape index (κ1) is 18.1. The van der Waals surface area contributed by atoms with Crippen LogP contribution in [0.2, 0.25) is 0 Å². The molecule has 6 heteroatoms. The molecule has 0 saturated carbocycles. The molecule has 2 amide bonds. The molecule has 0 aliphatic carbocycles. The monoisotopic (exact) mass is 362 g/mol. The number of fused-ring (bicyclic) bond motifs is 1. The molecule has 3 aromatic rings. The second kappa shape index (κ2) is 8.14. The fourth-order valence-electron chi connectivity index (χ4n) is 2.63. The van der Waals surface area contributed by atoms with E-state index in [2.05, 4.69) is 5.32 Å². The number of hydrogen-bond acceptors (Lipinski definition) is 4. The van der Waals surface area contributed by atoms with Crippen molar-refractivity contribution in [3.05, 3.63) is 77.9 Å². The Morgan fingerprint density at radius 3 is 2.30 bits per heavy atom. The van der Waals surface area contributed by atoms with Crippen LogP contribution in [0.4, 0.5) is 5.69 Å². The topological polar surface area (TPSA) is 98.5 Å². The predicted octanol–water partition coefficient (Wildman–Crippen LogP) is 2.66. The van der Waals surface area contributed by atoms with Crippen molar-refractivity contribution in [2.75, 3.05) is 11.9 Å². The average molecular weight is 362 g/mol. The highest BCUT2D eigenvalue weighted by Gasteiger charge is 2.10. The van der Waals surface area contributed by atoms with Crippen molar-refractivity contribution in [3.8, 4) is 0 Å². The Labute approximate surface area is 155 Å². The summed E-state index contributed by atoms with van der Waals surface area (Å²) in [6.07, 6.45) is 0.0887. The average Bonchev–Trinajstić information content (AvgIpc) is 2.67. The van der Waals surface area contributed by atoms with E-state index < -0.39 is 17.8 Å². The first-order valence-corrected chi connectivity index (χ1v) is 8.34. The van der Waals surface area contributed by atoms with Gasteiger partial charge in [0.25, 0.3) is 5.91 Å². The number of carbonyl (C=O) groups excluding carboxylic acids is 3. The maximum absolute atomic E-state index is 12.0. The van der Waals surface area contributed by atoms with E-state index in [4.69, 9.17) is 10.5 Å². The van der Waals surface area contributed by atoms with Crippen LogP contribution < -0.4 is 11.1 Å². The van der Waals surface area contributed by atoms with Gasteiger partial charge in [0.1, 0.15) is 0 Å². The number of nitrogens with two attached hydrogens (primary N) is 1. The number of carbonyl (C=O) groups is 3. The van der Waals surface area contributed by atoms with Gasteiger partial charge in [-0.25, -0.2) is 0 Å². The van der Waals surface area contributed by atoms with Gasteiger partial charge in [-0.05, 0) is 40.6 Å². The van der Waals surface area contributed by atoms with Crippen LogP contribution in [0.1, 0.15) is 15.9 Å². The van der Waals surface area contributed by atoms with E-state index in [1.807, 2.05) is 42.5 Å². The zero-order valence-corrected chi connectivity index (χ0v) is 14.5. The summed E-state index contributed by atoms with van der Waals surface area (Å²) in [4.78, 5) is 34.9. The third kappa shape index (κ3) is 4.92. The van der Waals surface area contributed by atoms with Crippen LogP contribution in [0, 0.1) is 0 Å². The van der Waals surface area contributed by atoms with E-state index in [9.17, 15) is 14.4 Å². The summed E-state index contributed by atoms with van der Waals surface area (Å²) in [6, 6.07) is 19.7. The lowest BCUT2D eigenvalue weighted by atomic mass is 10.1. The number of esters is 1. The lowest BCUT2D eigenvalue weighted by molar-refractivity contribution is -0.146. The molecule has 0 heterocycles. The molecule has 6 nitrogen and oxygen atoms in total. The molecule has 0 aromatic heterocycles. The first-order chi connectivity index (χ1) is 13.0. The number of hydrogen-bond donors (Lipinski definition) is 2. The van der Waals surface area contributed by atoms with E-state index in [0.29, 0.717) is 11.3 Å². The molecule has 3 aromatic carbocycles. The van der Waals surface area contributed by atoms with Crippen LogP contribution in [0.25, 0.3) is 10.8 Å². The summed E-state index contributed by atoms with van der Waals surface area (Å²) in [6.45, 7) is -0.385. The van der Waals surface area contributed by atoms with Gasteiger partial charge in [0, 0.05) is 11.3 Å². The summed E-state index contributed by atoms with van der Waals surface area (Å²) in [5.41, 5.74) is 6.80. The molecule has 0 aliphatic heterocycles. The molecule has 0 radical (unpaired) electrons. The van der Waals surface area contributed by atoms with E-state index in [-0.39, 0.29) is 13.0 Å². The molecule has 0 fully saturated rings. The van der Waals surface area contributed by atoms with Gasteiger partial charge >= 0.3 is 5.97 Å². The molecule has 0 spiro atoms. The van der Waals surface area contributed by atoms with Gasteiger partial charge in [0.05, 0.1) is 6.42 Å². The molecule has 0 unspecified atom stereocenters. The van der Waals surface area contributed by atoms with Crippen LogP contribution in [-0.2, 0) is 20.7 Å². The summed E-state index contributed by atoms with van der Waals surface area (Å²) < 4.78 is 5.03. The Balaban J connectivity index is 1.50. The van der Waals surface area contributed by atoms with Crippen molar-refractivity contribution < 1.29 is 19.1 Å². The summed E-state index contributed by atoms with van der Waals surface area (Å²) in [7, 11) is 0. The SMILES string of the molecule is NC(=O)c1ccc(NC(=O)COC(=O)Cc2ccc3ccccc3c2)cc1. The number of ether oxygens (including phenoxy) is 1. The van der Waals surface area contributed by atoms with Crippen molar-refractivity contribution in [1.29, 1.82) is 0 Å². The largest absolute Gasteiger partial charge is 0.455 e. The molecule has 0 aliphatic rings. The van der Waals surface area contributed by atoms with Crippen molar-refractivity contribution >= 4 is 34.2 Å². The van der Waals surface area contributed by atoms with Gasteiger partial charge < -0.3 is 15.8 Å². The number of anilines is 1. The minimum Gasteiger partial charge on any atom is -0.455 e. The number of rotatable bonds is 6. The zero-order valence-electron chi connectivity index (χ0n) is 14.5. The quantitative estimate of drug-likeness (QED) is 0.659. The fourth-order valence-corrected chi connectivity index (χ4v) is 2.63. The molecule has 0 saturated heterocycles. The lowest BCUT2D eigenvalue weighted by Crippen LogP contribution is -2.21. The van der Waals surface area contributed by atoms with Gasteiger partial charge in [-0.15, -0.1) is 0 Å². The Hall–Kier alpha value is -3.67.